The van der Waals surface area contributed by atoms with Crippen LogP contribution in [0, 0.1) is 50.7 Å². The van der Waals surface area contributed by atoms with Gasteiger partial charge in [-0.3, -0.25) is 4.79 Å². The van der Waals surface area contributed by atoms with Gasteiger partial charge >= 0.3 is 5.97 Å². The van der Waals surface area contributed by atoms with E-state index in [9.17, 15) is 50.4 Å². The van der Waals surface area contributed by atoms with E-state index in [1.54, 1.807) is 0 Å². The number of carbonyl (C=O) groups excluding carboxylic acids is 2. The number of allylic oxidation sites excluding steroid dienone is 1. The fourth-order valence-electron chi connectivity index (χ4n) is 13.3. The molecule has 2 heterocycles. The molecule has 2 aliphatic heterocycles. The minimum absolute atomic E-state index is 0.0239. The smallest absolute Gasteiger partial charge is 0.315 e. The predicted octanol–water partition coefficient (Wildman–Crippen LogP) is 1.11. The number of rotatable bonds is 6. The molecule has 2 saturated heterocycles. The Morgan fingerprint density at radius 3 is 2.25 bits per heavy atom. The number of aliphatic hydroxyl groups is 8. The number of ether oxygens (including phenoxy) is 4. The van der Waals surface area contributed by atoms with Gasteiger partial charge in [-0.15, -0.1) is 0 Å². The fourth-order valence-corrected chi connectivity index (χ4v) is 13.3. The molecule has 5 aliphatic carbocycles. The molecule has 8 N–H and O–H groups in total. The number of hydrogen-bond donors (Lipinski definition) is 8. The van der Waals surface area contributed by atoms with Gasteiger partial charge in [-0.05, 0) is 98.7 Å². The third kappa shape index (κ3) is 5.82. The number of hydrogen-bond acceptors (Lipinski definition) is 14. The summed E-state index contributed by atoms with van der Waals surface area (Å²) in [4.78, 5) is 27.5. The van der Waals surface area contributed by atoms with Gasteiger partial charge in [-0.25, -0.2) is 0 Å². The summed E-state index contributed by atoms with van der Waals surface area (Å²) in [5.74, 6) is -1.20. The van der Waals surface area contributed by atoms with Crippen LogP contribution >= 0.6 is 0 Å². The number of aliphatic hydroxyl groups excluding tert-OH is 7. The van der Waals surface area contributed by atoms with Crippen molar-refractivity contribution in [3.63, 3.8) is 0 Å². The van der Waals surface area contributed by atoms with Crippen molar-refractivity contribution in [3.05, 3.63) is 11.6 Å². The highest BCUT2D eigenvalue weighted by Gasteiger charge is 2.72. The molecule has 312 valence electrons. The molecule has 0 aromatic rings. The molecule has 4 saturated carbocycles. The second-order valence-electron chi connectivity index (χ2n) is 19.6. The zero-order valence-corrected chi connectivity index (χ0v) is 33.0. The third-order valence-electron chi connectivity index (χ3n) is 17.2. The Hall–Kier alpha value is -1.56. The van der Waals surface area contributed by atoms with Gasteiger partial charge in [-0.1, -0.05) is 46.3 Å². The molecule has 55 heavy (non-hydrogen) atoms. The normalized spacial score (nSPS) is 56.5. The van der Waals surface area contributed by atoms with Gasteiger partial charge in [0.2, 0.25) is 6.29 Å². The highest BCUT2D eigenvalue weighted by Crippen LogP contribution is 2.76. The van der Waals surface area contributed by atoms with Gasteiger partial charge in [0.15, 0.2) is 12.4 Å². The summed E-state index contributed by atoms with van der Waals surface area (Å²) in [6, 6.07) is 0. The van der Waals surface area contributed by atoms with Gasteiger partial charge in [0, 0.05) is 5.92 Å². The predicted molar refractivity (Wildman–Crippen MR) is 193 cm³/mol. The van der Waals surface area contributed by atoms with E-state index in [4.69, 9.17) is 18.9 Å². The number of fused-ring (bicyclic) bond motifs is 7. The lowest BCUT2D eigenvalue weighted by molar-refractivity contribution is -0.354. The first kappa shape index (κ1) is 41.6. The van der Waals surface area contributed by atoms with Crippen LogP contribution in [0.2, 0.25) is 0 Å². The van der Waals surface area contributed by atoms with E-state index in [-0.39, 0.29) is 28.6 Å². The first-order valence-electron chi connectivity index (χ1n) is 20.4. The van der Waals surface area contributed by atoms with Crippen molar-refractivity contribution in [1.29, 1.82) is 0 Å². The summed E-state index contributed by atoms with van der Waals surface area (Å²) in [5.41, 5.74) is -3.15. The maximum atomic E-state index is 14.9. The standard InChI is InChI=1S/C41H64O14/c1-20-9-14-41(35(50)55-34-31(27(46)22(44)18-52-34)54-33-30(49)29(48)28(47)23(17-42)53-33)16-15-38(4)21(32(41)40(20,6)51)7-8-25-36(2)12-11-26(45)37(3,19-43)24(36)10-13-39(25,38)5/h7,19-20,22-34,42,44-49,51H,8-18H2,1-6H3/t20-,22-,23-,24-,25-,26+,27+,28-,29+,30-,31-,32-,33+,34+,36+,37-,38-,39-,40-,41+/m1/s1. The van der Waals surface area contributed by atoms with E-state index < -0.39 is 108 Å². The first-order valence-corrected chi connectivity index (χ1v) is 20.4. The second kappa shape index (κ2) is 14.0. The van der Waals surface area contributed by atoms with Crippen molar-refractivity contribution >= 4 is 12.3 Å². The molecule has 0 aromatic heterocycles. The van der Waals surface area contributed by atoms with Crippen LogP contribution in [0.3, 0.4) is 0 Å². The highest BCUT2D eigenvalue weighted by atomic mass is 16.8. The molecule has 14 nitrogen and oxygen atoms in total. The Morgan fingerprint density at radius 2 is 1.58 bits per heavy atom. The fraction of sp³-hybridized carbons (Fsp3) is 0.902. The van der Waals surface area contributed by atoms with E-state index in [2.05, 4.69) is 26.8 Å². The summed E-state index contributed by atoms with van der Waals surface area (Å²) >= 11 is 0. The van der Waals surface area contributed by atoms with Crippen molar-refractivity contribution in [2.24, 2.45) is 50.7 Å². The molecule has 7 aliphatic rings. The number of carbonyl (C=O) groups is 2. The summed E-state index contributed by atoms with van der Waals surface area (Å²) in [7, 11) is 0. The Kier molecular flexibility index (Phi) is 10.6. The van der Waals surface area contributed by atoms with Gasteiger partial charge < -0.3 is 64.6 Å². The SMILES string of the molecule is C[C@@H]1CC[C@]2(C(=O)O[C@@H]3OC[C@@H](O)[C@H](O)[C@H]3O[C@@H]3O[C@H](CO)[C@@H](O)[C@H](O)[C@H]3O)CC[C@]3(C)C(=CC[C@@H]4[C@@]5(C)CC[C@H](O)[C@](C)(C=O)[C@@H]5CC[C@]43C)[C@@H]2[C@]1(C)O. The van der Waals surface area contributed by atoms with Crippen LogP contribution in [0.4, 0.5) is 0 Å². The van der Waals surface area contributed by atoms with Crippen molar-refractivity contribution in [1.82, 2.24) is 0 Å². The zero-order valence-electron chi connectivity index (χ0n) is 33.0. The lowest BCUT2D eigenvalue weighted by Gasteiger charge is -2.71. The van der Waals surface area contributed by atoms with Crippen LogP contribution in [-0.2, 0) is 28.5 Å². The van der Waals surface area contributed by atoms with Crippen LogP contribution in [0.25, 0.3) is 0 Å². The maximum absolute atomic E-state index is 14.9. The van der Waals surface area contributed by atoms with Gasteiger partial charge in [-0.2, -0.15) is 0 Å². The lowest BCUT2D eigenvalue weighted by atomic mass is 9.33. The largest absolute Gasteiger partial charge is 0.432 e. The number of esters is 1. The van der Waals surface area contributed by atoms with Gasteiger partial charge in [0.05, 0.1) is 35.7 Å². The Bertz CT molecular complexity index is 1520. The molecule has 0 bridgehead atoms. The van der Waals surface area contributed by atoms with Crippen LogP contribution in [0.5, 0.6) is 0 Å². The second-order valence-corrected chi connectivity index (χ2v) is 19.6. The van der Waals surface area contributed by atoms with E-state index >= 15 is 0 Å². The molecule has 14 heteroatoms. The Balaban J connectivity index is 1.22. The minimum Gasteiger partial charge on any atom is -0.432 e. The van der Waals surface area contributed by atoms with Crippen molar-refractivity contribution in [2.45, 2.75) is 166 Å². The van der Waals surface area contributed by atoms with Crippen molar-refractivity contribution in [2.75, 3.05) is 13.2 Å². The molecule has 6 fully saturated rings. The molecule has 0 spiro atoms. The van der Waals surface area contributed by atoms with Crippen LogP contribution < -0.4 is 0 Å². The molecule has 0 unspecified atom stereocenters. The van der Waals surface area contributed by atoms with Crippen LogP contribution in [0.15, 0.2) is 11.6 Å². The molecule has 0 radical (unpaired) electrons. The Labute approximate surface area is 323 Å². The average Bonchev–Trinajstić information content (AvgIpc) is 3.14. The van der Waals surface area contributed by atoms with E-state index in [1.807, 2.05) is 20.8 Å². The van der Waals surface area contributed by atoms with E-state index in [0.717, 1.165) is 31.1 Å². The Morgan fingerprint density at radius 1 is 0.873 bits per heavy atom. The summed E-state index contributed by atoms with van der Waals surface area (Å²) in [6.07, 6.45) is -6.33. The number of aldehydes is 1. The summed E-state index contributed by atoms with van der Waals surface area (Å²) in [5, 5.41) is 86.3. The summed E-state index contributed by atoms with van der Waals surface area (Å²) in [6.45, 7) is 11.5. The summed E-state index contributed by atoms with van der Waals surface area (Å²) < 4.78 is 23.3. The van der Waals surface area contributed by atoms with Crippen LogP contribution in [-0.4, -0.2) is 133 Å². The van der Waals surface area contributed by atoms with Crippen molar-refractivity contribution in [3.8, 4) is 0 Å². The van der Waals surface area contributed by atoms with Crippen LogP contribution in [0.1, 0.15) is 99.3 Å². The lowest BCUT2D eigenvalue weighted by Crippen LogP contribution is -2.68. The molecule has 7 rings (SSSR count). The van der Waals surface area contributed by atoms with Gasteiger partial charge in [0.25, 0.3) is 0 Å². The van der Waals surface area contributed by atoms with Crippen molar-refractivity contribution < 1.29 is 69.4 Å². The third-order valence-corrected chi connectivity index (χ3v) is 17.2. The van der Waals surface area contributed by atoms with Gasteiger partial charge in [0.1, 0.15) is 42.9 Å². The molecule has 0 aromatic carbocycles. The quantitative estimate of drug-likeness (QED) is 0.107. The highest BCUT2D eigenvalue weighted by molar-refractivity contribution is 5.79. The average molecular weight is 781 g/mol. The molecular formula is C41H64O14. The molecule has 20 atom stereocenters. The topological polar surface area (TPSA) is 233 Å². The minimum atomic E-state index is -1.82. The van der Waals surface area contributed by atoms with E-state index in [0.29, 0.717) is 38.5 Å². The van der Waals surface area contributed by atoms with E-state index in [1.165, 1.54) is 0 Å². The zero-order chi connectivity index (χ0) is 40.3. The maximum Gasteiger partial charge on any atom is 0.315 e. The molecular weight excluding hydrogens is 716 g/mol. The monoisotopic (exact) mass is 780 g/mol. The molecule has 0 amide bonds. The first-order chi connectivity index (χ1) is 25.7.